The second kappa shape index (κ2) is 9.19. The molecule has 1 saturated carbocycles. The van der Waals surface area contributed by atoms with Gasteiger partial charge in [0.25, 0.3) is 0 Å². The molecule has 0 unspecified atom stereocenters. The molecule has 1 aliphatic carbocycles. The van der Waals surface area contributed by atoms with E-state index in [1.165, 1.54) is 57.8 Å². The highest BCUT2D eigenvalue weighted by atomic mass is 15.4. The molecular formula is C17H32N4. The Morgan fingerprint density at radius 1 is 1.14 bits per heavy atom. The molecule has 0 atom stereocenters. The van der Waals surface area contributed by atoms with Crippen LogP contribution in [0.5, 0.6) is 0 Å². The summed E-state index contributed by atoms with van der Waals surface area (Å²) in [4.78, 5) is 0. The van der Waals surface area contributed by atoms with Gasteiger partial charge in [0.2, 0.25) is 0 Å². The number of hydrogen-bond acceptors (Lipinski definition) is 3. The predicted octanol–water partition coefficient (Wildman–Crippen LogP) is 3.92. The molecule has 0 amide bonds. The first kappa shape index (κ1) is 16.5. The lowest BCUT2D eigenvalue weighted by Crippen LogP contribution is -2.32. The van der Waals surface area contributed by atoms with Crippen molar-refractivity contribution in [2.24, 2.45) is 5.92 Å². The van der Waals surface area contributed by atoms with Gasteiger partial charge >= 0.3 is 0 Å². The smallest absolute Gasteiger partial charge is 0.0964 e. The van der Waals surface area contributed by atoms with Crippen molar-refractivity contribution in [1.29, 1.82) is 0 Å². The number of nitrogens with zero attached hydrogens (tertiary/aromatic N) is 3. The Balaban J connectivity index is 1.64. The summed E-state index contributed by atoms with van der Waals surface area (Å²) in [6, 6.07) is 0.684. The molecule has 0 radical (unpaired) electrons. The van der Waals surface area contributed by atoms with Gasteiger partial charge in [0, 0.05) is 25.3 Å². The molecule has 4 nitrogen and oxygen atoms in total. The Morgan fingerprint density at radius 3 is 2.67 bits per heavy atom. The molecule has 1 fully saturated rings. The van der Waals surface area contributed by atoms with Crippen LogP contribution in [0, 0.1) is 5.92 Å². The maximum Gasteiger partial charge on any atom is 0.0964 e. The molecule has 0 aliphatic heterocycles. The highest BCUT2D eigenvalue weighted by Gasteiger charge is 2.20. The van der Waals surface area contributed by atoms with Crippen LogP contribution in [0.3, 0.4) is 0 Å². The summed E-state index contributed by atoms with van der Waals surface area (Å²) in [5.74, 6) is 0.979. The van der Waals surface area contributed by atoms with Gasteiger partial charge in [-0.2, -0.15) is 0 Å². The topological polar surface area (TPSA) is 42.7 Å². The standard InChI is InChI=1S/C17H32N4/c1-3-5-6-12-21-14-17(19-20-21)13-18-16-10-8-15(7-4-2)9-11-16/h14-16,18H,3-13H2,1-2H3. The molecule has 21 heavy (non-hydrogen) atoms. The van der Waals surface area contributed by atoms with E-state index in [0.29, 0.717) is 6.04 Å². The normalized spacial score (nSPS) is 22.6. The van der Waals surface area contributed by atoms with Crippen LogP contribution in [0.15, 0.2) is 6.20 Å². The van der Waals surface area contributed by atoms with Crippen molar-refractivity contribution in [1.82, 2.24) is 20.3 Å². The first-order chi connectivity index (χ1) is 10.3. The minimum Gasteiger partial charge on any atom is -0.308 e. The molecule has 0 bridgehead atoms. The summed E-state index contributed by atoms with van der Waals surface area (Å²) < 4.78 is 1.99. The maximum absolute atomic E-state index is 4.27. The van der Waals surface area contributed by atoms with E-state index in [0.717, 1.165) is 24.7 Å². The molecule has 0 saturated heterocycles. The quantitative estimate of drug-likeness (QED) is 0.702. The van der Waals surface area contributed by atoms with Crippen molar-refractivity contribution in [3.05, 3.63) is 11.9 Å². The van der Waals surface area contributed by atoms with Crippen LogP contribution in [-0.2, 0) is 13.1 Å². The Labute approximate surface area is 129 Å². The number of nitrogens with one attached hydrogen (secondary N) is 1. The van der Waals surface area contributed by atoms with Crippen molar-refractivity contribution in [3.63, 3.8) is 0 Å². The van der Waals surface area contributed by atoms with Crippen molar-refractivity contribution < 1.29 is 0 Å². The van der Waals surface area contributed by atoms with Gasteiger partial charge in [-0.25, -0.2) is 0 Å². The van der Waals surface area contributed by atoms with E-state index in [4.69, 9.17) is 0 Å². The minimum atomic E-state index is 0.684. The third-order valence-corrected chi connectivity index (χ3v) is 4.69. The molecule has 1 aromatic rings. The Morgan fingerprint density at radius 2 is 1.95 bits per heavy atom. The second-order valence-corrected chi connectivity index (χ2v) is 6.57. The van der Waals surface area contributed by atoms with Crippen LogP contribution >= 0.6 is 0 Å². The van der Waals surface area contributed by atoms with Crippen molar-refractivity contribution >= 4 is 0 Å². The molecule has 2 rings (SSSR count). The molecular weight excluding hydrogens is 260 g/mol. The second-order valence-electron chi connectivity index (χ2n) is 6.57. The number of aromatic nitrogens is 3. The van der Waals surface area contributed by atoms with E-state index < -0.39 is 0 Å². The lowest BCUT2D eigenvalue weighted by molar-refractivity contribution is 0.277. The fourth-order valence-corrected chi connectivity index (χ4v) is 3.37. The van der Waals surface area contributed by atoms with E-state index in [9.17, 15) is 0 Å². The number of aryl methyl sites for hydroxylation is 1. The maximum atomic E-state index is 4.27. The SMILES string of the molecule is CCCCCn1cc(CNC2CCC(CCC)CC2)nn1. The molecule has 0 spiro atoms. The van der Waals surface area contributed by atoms with Crippen LogP contribution < -0.4 is 5.32 Å². The zero-order chi connectivity index (χ0) is 14.9. The predicted molar refractivity (Wildman–Crippen MR) is 87.0 cm³/mol. The minimum absolute atomic E-state index is 0.684. The summed E-state index contributed by atoms with van der Waals surface area (Å²) in [7, 11) is 0. The van der Waals surface area contributed by atoms with Crippen LogP contribution in [0.4, 0.5) is 0 Å². The van der Waals surface area contributed by atoms with Gasteiger partial charge in [0.15, 0.2) is 0 Å². The van der Waals surface area contributed by atoms with Gasteiger partial charge in [0.1, 0.15) is 0 Å². The lowest BCUT2D eigenvalue weighted by atomic mass is 9.83. The van der Waals surface area contributed by atoms with Gasteiger partial charge in [-0.1, -0.05) is 44.7 Å². The highest BCUT2D eigenvalue weighted by Crippen LogP contribution is 2.27. The van der Waals surface area contributed by atoms with E-state index in [1.807, 2.05) is 4.68 Å². The number of unbranched alkanes of at least 4 members (excludes halogenated alkanes) is 2. The average Bonchev–Trinajstić information content (AvgIpc) is 2.95. The number of rotatable bonds is 9. The molecule has 4 heteroatoms. The first-order valence-electron chi connectivity index (χ1n) is 8.94. The monoisotopic (exact) mass is 292 g/mol. The van der Waals surface area contributed by atoms with E-state index in [2.05, 4.69) is 35.7 Å². The van der Waals surface area contributed by atoms with Crippen LogP contribution in [0.25, 0.3) is 0 Å². The zero-order valence-electron chi connectivity index (χ0n) is 13.9. The molecule has 1 heterocycles. The summed E-state index contributed by atoms with van der Waals surface area (Å²) in [6.07, 6.45) is 14.0. The zero-order valence-corrected chi connectivity index (χ0v) is 13.9. The fourth-order valence-electron chi connectivity index (χ4n) is 3.37. The summed E-state index contributed by atoms with van der Waals surface area (Å²) in [5.41, 5.74) is 1.09. The largest absolute Gasteiger partial charge is 0.308 e. The highest BCUT2D eigenvalue weighted by molar-refractivity contribution is 4.92. The van der Waals surface area contributed by atoms with E-state index in [1.54, 1.807) is 0 Å². The molecule has 120 valence electrons. The fraction of sp³-hybridized carbons (Fsp3) is 0.882. The molecule has 1 N–H and O–H groups in total. The average molecular weight is 292 g/mol. The van der Waals surface area contributed by atoms with Gasteiger partial charge < -0.3 is 5.32 Å². The summed E-state index contributed by atoms with van der Waals surface area (Å²) >= 11 is 0. The van der Waals surface area contributed by atoms with Crippen molar-refractivity contribution in [2.75, 3.05) is 0 Å². The molecule has 1 aliphatic rings. The third-order valence-electron chi connectivity index (χ3n) is 4.69. The molecule has 1 aromatic heterocycles. The Hall–Kier alpha value is -0.900. The van der Waals surface area contributed by atoms with Crippen molar-refractivity contribution in [2.45, 2.75) is 90.8 Å². The van der Waals surface area contributed by atoms with Crippen LogP contribution in [-0.4, -0.2) is 21.0 Å². The lowest BCUT2D eigenvalue weighted by Gasteiger charge is -2.28. The van der Waals surface area contributed by atoms with Crippen molar-refractivity contribution in [3.8, 4) is 0 Å². The third kappa shape index (κ3) is 5.77. The summed E-state index contributed by atoms with van der Waals surface area (Å²) in [5, 5.41) is 12.2. The Bertz CT molecular complexity index is 380. The summed E-state index contributed by atoms with van der Waals surface area (Å²) in [6.45, 7) is 6.40. The van der Waals surface area contributed by atoms with Gasteiger partial charge in [-0.05, 0) is 38.0 Å². The Kier molecular flexibility index (Phi) is 7.20. The van der Waals surface area contributed by atoms with Gasteiger partial charge in [-0.15, -0.1) is 5.10 Å². The molecule has 0 aromatic carbocycles. The van der Waals surface area contributed by atoms with Gasteiger partial charge in [-0.3, -0.25) is 4.68 Å². The number of hydrogen-bond donors (Lipinski definition) is 1. The first-order valence-corrected chi connectivity index (χ1v) is 8.94. The van der Waals surface area contributed by atoms with E-state index >= 15 is 0 Å². The van der Waals surface area contributed by atoms with Crippen LogP contribution in [0.2, 0.25) is 0 Å². The van der Waals surface area contributed by atoms with Crippen LogP contribution in [0.1, 0.15) is 77.3 Å². The van der Waals surface area contributed by atoms with Gasteiger partial charge in [0.05, 0.1) is 5.69 Å². The van der Waals surface area contributed by atoms with E-state index in [-0.39, 0.29) is 0 Å².